The van der Waals surface area contributed by atoms with Gasteiger partial charge in [0, 0.05) is 0 Å². The number of phenolic OH excluding ortho intramolecular Hbond substituents is 4. The van der Waals surface area contributed by atoms with Crippen LogP contribution in [-0.4, -0.2) is 20.4 Å². The summed E-state index contributed by atoms with van der Waals surface area (Å²) in [6.07, 6.45) is 0. The molecular formula is C13H14CoO4+2. The number of rotatable bonds is 0. The molecule has 4 nitrogen and oxygen atoms in total. The van der Waals surface area contributed by atoms with Crippen molar-refractivity contribution in [3.05, 3.63) is 48.0 Å². The Kier molecular flexibility index (Phi) is 6.70. The minimum absolute atomic E-state index is 0. The molecule has 97 valence electrons. The van der Waals surface area contributed by atoms with Crippen LogP contribution in [-0.2, 0) is 16.8 Å². The van der Waals surface area contributed by atoms with Gasteiger partial charge >= 0.3 is 16.8 Å². The van der Waals surface area contributed by atoms with Gasteiger partial charge in [0.25, 0.3) is 0 Å². The topological polar surface area (TPSA) is 80.9 Å². The summed E-state index contributed by atoms with van der Waals surface area (Å²) < 4.78 is 0. The third-order valence-corrected chi connectivity index (χ3v) is 2.06. The number of benzene rings is 2. The fourth-order valence-corrected chi connectivity index (χ4v) is 1.10. The molecule has 0 bridgehead atoms. The first kappa shape index (κ1) is 16.1. The average Bonchev–Trinajstić information content (AvgIpc) is 2.29. The second-order valence-electron chi connectivity index (χ2n) is 3.46. The zero-order valence-electron chi connectivity index (χ0n) is 9.66. The summed E-state index contributed by atoms with van der Waals surface area (Å²) in [6, 6.07) is 10.6. The molecule has 0 saturated heterocycles. The van der Waals surface area contributed by atoms with Crippen molar-refractivity contribution < 1.29 is 37.2 Å². The van der Waals surface area contributed by atoms with E-state index in [1.54, 1.807) is 19.1 Å². The molecule has 1 radical (unpaired) electrons. The monoisotopic (exact) mass is 293 g/mol. The molecule has 0 spiro atoms. The van der Waals surface area contributed by atoms with Crippen molar-refractivity contribution in [2.45, 2.75) is 6.92 Å². The molecule has 18 heavy (non-hydrogen) atoms. The zero-order valence-corrected chi connectivity index (χ0v) is 10.7. The Morgan fingerprint density at radius 3 is 1.56 bits per heavy atom. The summed E-state index contributed by atoms with van der Waals surface area (Å²) in [7, 11) is 0. The molecule has 0 heterocycles. The normalized spacial score (nSPS) is 8.72. The van der Waals surface area contributed by atoms with E-state index in [-0.39, 0.29) is 39.8 Å². The van der Waals surface area contributed by atoms with Crippen LogP contribution in [0.2, 0.25) is 0 Å². The molecule has 0 amide bonds. The number of para-hydroxylation sites is 2. The predicted molar refractivity (Wildman–Crippen MR) is 64.3 cm³/mol. The Labute approximate surface area is 115 Å². The van der Waals surface area contributed by atoms with Gasteiger partial charge in [-0.05, 0) is 42.8 Å². The van der Waals surface area contributed by atoms with Gasteiger partial charge in [-0.3, -0.25) is 0 Å². The van der Waals surface area contributed by atoms with Gasteiger partial charge in [0.05, 0.1) is 0 Å². The number of phenols is 4. The van der Waals surface area contributed by atoms with Gasteiger partial charge in [-0.2, -0.15) is 0 Å². The Hall–Kier alpha value is -1.85. The van der Waals surface area contributed by atoms with E-state index in [0.717, 1.165) is 0 Å². The number of aryl methyl sites for hydroxylation is 1. The van der Waals surface area contributed by atoms with Gasteiger partial charge in [0.15, 0.2) is 11.5 Å². The smallest absolute Gasteiger partial charge is 0.508 e. The van der Waals surface area contributed by atoms with E-state index < -0.39 is 0 Å². The first-order valence-electron chi connectivity index (χ1n) is 4.96. The SMILES string of the molecule is Cc1cc(O)ccc1O.Oc1ccccc1O.[Co+2]. The minimum Gasteiger partial charge on any atom is -0.508 e. The van der Waals surface area contributed by atoms with E-state index in [1.165, 1.54) is 30.3 Å². The molecule has 0 aromatic heterocycles. The molecule has 0 atom stereocenters. The second kappa shape index (κ2) is 7.47. The molecule has 0 unspecified atom stereocenters. The van der Waals surface area contributed by atoms with Crippen LogP contribution in [0.3, 0.4) is 0 Å². The van der Waals surface area contributed by atoms with Crippen LogP contribution in [0.25, 0.3) is 0 Å². The largest absolute Gasteiger partial charge is 2.00 e. The number of hydrogen-bond acceptors (Lipinski definition) is 4. The summed E-state index contributed by atoms with van der Waals surface area (Å²) in [6.45, 7) is 1.73. The minimum atomic E-state index is -0.0764. The van der Waals surface area contributed by atoms with Crippen LogP contribution < -0.4 is 0 Å². The van der Waals surface area contributed by atoms with Gasteiger partial charge < -0.3 is 20.4 Å². The third kappa shape index (κ3) is 4.98. The van der Waals surface area contributed by atoms with Crippen LogP contribution in [0.1, 0.15) is 5.56 Å². The van der Waals surface area contributed by atoms with Crippen molar-refractivity contribution in [2.75, 3.05) is 0 Å². The van der Waals surface area contributed by atoms with Crippen molar-refractivity contribution >= 4 is 0 Å². The molecule has 2 aromatic carbocycles. The predicted octanol–water partition coefficient (Wildman–Crippen LogP) is 2.50. The Bertz CT molecular complexity index is 479. The van der Waals surface area contributed by atoms with Gasteiger partial charge in [-0.1, -0.05) is 12.1 Å². The van der Waals surface area contributed by atoms with Crippen LogP contribution in [0.4, 0.5) is 0 Å². The molecule has 2 aromatic rings. The molecule has 4 N–H and O–H groups in total. The van der Waals surface area contributed by atoms with E-state index in [0.29, 0.717) is 5.56 Å². The number of hydrogen-bond donors (Lipinski definition) is 4. The van der Waals surface area contributed by atoms with Crippen molar-refractivity contribution in [1.29, 1.82) is 0 Å². The molecular weight excluding hydrogens is 279 g/mol. The van der Waals surface area contributed by atoms with Crippen molar-refractivity contribution in [1.82, 2.24) is 0 Å². The summed E-state index contributed by atoms with van der Waals surface area (Å²) in [5, 5.41) is 35.1. The van der Waals surface area contributed by atoms with E-state index in [2.05, 4.69) is 0 Å². The standard InChI is InChI=1S/C7H8O2.C6H6O2.Co/c1-5-4-6(8)2-3-7(5)9;7-5-3-1-2-4-6(5)8;/h2-4,8-9H,1H3;1-4,7-8H;/q;;+2. The number of aromatic hydroxyl groups is 4. The van der Waals surface area contributed by atoms with E-state index in [4.69, 9.17) is 20.4 Å². The maximum atomic E-state index is 8.93. The summed E-state index contributed by atoms with van der Waals surface area (Å²) in [4.78, 5) is 0. The Balaban J connectivity index is 0.000000306. The van der Waals surface area contributed by atoms with Gasteiger partial charge in [-0.15, -0.1) is 0 Å². The van der Waals surface area contributed by atoms with E-state index in [1.807, 2.05) is 0 Å². The maximum absolute atomic E-state index is 8.93. The molecule has 0 aliphatic heterocycles. The third-order valence-electron chi connectivity index (χ3n) is 2.06. The molecule has 0 saturated carbocycles. The van der Waals surface area contributed by atoms with E-state index in [9.17, 15) is 0 Å². The van der Waals surface area contributed by atoms with Crippen LogP contribution in [0, 0.1) is 6.92 Å². The Morgan fingerprint density at radius 2 is 1.22 bits per heavy atom. The Morgan fingerprint density at radius 1 is 0.722 bits per heavy atom. The summed E-state index contributed by atoms with van der Waals surface area (Å²) in [5.74, 6) is 0.248. The second-order valence-corrected chi connectivity index (χ2v) is 3.46. The average molecular weight is 293 g/mol. The summed E-state index contributed by atoms with van der Waals surface area (Å²) >= 11 is 0. The fraction of sp³-hybridized carbons (Fsp3) is 0.0769. The van der Waals surface area contributed by atoms with Gasteiger partial charge in [-0.25, -0.2) is 0 Å². The van der Waals surface area contributed by atoms with Crippen LogP contribution in [0.15, 0.2) is 42.5 Å². The molecule has 5 heteroatoms. The van der Waals surface area contributed by atoms with Gasteiger partial charge in [0.2, 0.25) is 0 Å². The van der Waals surface area contributed by atoms with Crippen molar-refractivity contribution in [3.8, 4) is 23.0 Å². The summed E-state index contributed by atoms with van der Waals surface area (Å²) in [5.41, 5.74) is 0.690. The van der Waals surface area contributed by atoms with Gasteiger partial charge in [0.1, 0.15) is 11.5 Å². The van der Waals surface area contributed by atoms with Crippen molar-refractivity contribution in [2.24, 2.45) is 0 Å². The molecule has 0 aliphatic rings. The quantitative estimate of drug-likeness (QED) is 0.444. The first-order valence-corrected chi connectivity index (χ1v) is 4.96. The fourth-order valence-electron chi connectivity index (χ4n) is 1.10. The molecule has 0 fully saturated rings. The maximum Gasteiger partial charge on any atom is 2.00 e. The molecule has 2 rings (SSSR count). The first-order chi connectivity index (χ1) is 8.00. The van der Waals surface area contributed by atoms with E-state index >= 15 is 0 Å². The van der Waals surface area contributed by atoms with Crippen LogP contribution in [0.5, 0.6) is 23.0 Å². The van der Waals surface area contributed by atoms with Crippen LogP contribution >= 0.6 is 0 Å². The van der Waals surface area contributed by atoms with Crippen molar-refractivity contribution in [3.63, 3.8) is 0 Å². The molecule has 0 aliphatic carbocycles. The zero-order chi connectivity index (χ0) is 12.8.